The lowest BCUT2D eigenvalue weighted by Crippen LogP contribution is -2.27. The molecule has 0 radical (unpaired) electrons. The largest absolute Gasteiger partial charge is 0.383 e. The third kappa shape index (κ3) is 2.65. The van der Waals surface area contributed by atoms with Crippen molar-refractivity contribution in [1.82, 2.24) is 15.3 Å². The summed E-state index contributed by atoms with van der Waals surface area (Å²) < 4.78 is 0. The molecule has 0 bridgehead atoms. The normalized spacial score (nSPS) is 14.1. The fraction of sp³-hybridized carbons (Fsp3) is 0.375. The Morgan fingerprint density at radius 3 is 2.90 bits per heavy atom. The number of aromatic nitrogens is 2. The zero-order chi connectivity index (χ0) is 13.9. The zero-order valence-electron chi connectivity index (χ0n) is 11.8. The molecule has 2 aromatic rings. The molecule has 1 aliphatic rings. The van der Waals surface area contributed by atoms with Gasteiger partial charge in [0.15, 0.2) is 0 Å². The van der Waals surface area contributed by atoms with Crippen LogP contribution in [0.25, 0.3) is 0 Å². The lowest BCUT2D eigenvalue weighted by Gasteiger charge is -2.18. The lowest BCUT2D eigenvalue weighted by molar-refractivity contribution is 0.621. The second-order valence-corrected chi connectivity index (χ2v) is 5.30. The highest BCUT2D eigenvalue weighted by atomic mass is 15.0. The van der Waals surface area contributed by atoms with Crippen molar-refractivity contribution in [2.24, 2.45) is 0 Å². The van der Waals surface area contributed by atoms with Gasteiger partial charge in [-0.25, -0.2) is 9.97 Å². The molecule has 0 unspecified atom stereocenters. The van der Waals surface area contributed by atoms with Crippen molar-refractivity contribution in [1.29, 1.82) is 0 Å². The van der Waals surface area contributed by atoms with Gasteiger partial charge in [0, 0.05) is 31.5 Å². The molecule has 4 nitrogen and oxygen atoms in total. The SMILES string of the molecule is Cc1ccccc1CCc1nc(N)c2c(n1)CCNC2. The Labute approximate surface area is 119 Å². The molecule has 0 spiro atoms. The third-order valence-corrected chi connectivity index (χ3v) is 3.89. The number of benzene rings is 1. The van der Waals surface area contributed by atoms with Crippen LogP contribution in [0.4, 0.5) is 5.82 Å². The van der Waals surface area contributed by atoms with E-state index < -0.39 is 0 Å². The van der Waals surface area contributed by atoms with Crippen LogP contribution in [0.2, 0.25) is 0 Å². The van der Waals surface area contributed by atoms with Gasteiger partial charge < -0.3 is 11.1 Å². The summed E-state index contributed by atoms with van der Waals surface area (Å²) in [6.07, 6.45) is 2.75. The number of nitrogens with zero attached hydrogens (tertiary/aromatic N) is 2. The van der Waals surface area contributed by atoms with Gasteiger partial charge in [0.05, 0.1) is 5.69 Å². The average Bonchev–Trinajstić information content (AvgIpc) is 2.46. The van der Waals surface area contributed by atoms with Crippen molar-refractivity contribution in [3.8, 4) is 0 Å². The van der Waals surface area contributed by atoms with Crippen LogP contribution in [0.3, 0.4) is 0 Å². The Bertz CT molecular complexity index is 622. The van der Waals surface area contributed by atoms with Crippen LogP contribution in [0, 0.1) is 6.92 Å². The highest BCUT2D eigenvalue weighted by Crippen LogP contribution is 2.18. The van der Waals surface area contributed by atoms with Crippen molar-refractivity contribution in [2.45, 2.75) is 32.7 Å². The van der Waals surface area contributed by atoms with Crippen molar-refractivity contribution in [2.75, 3.05) is 12.3 Å². The van der Waals surface area contributed by atoms with E-state index in [2.05, 4.69) is 46.5 Å². The Morgan fingerprint density at radius 2 is 2.05 bits per heavy atom. The van der Waals surface area contributed by atoms with E-state index in [4.69, 9.17) is 5.73 Å². The van der Waals surface area contributed by atoms with Gasteiger partial charge in [-0.2, -0.15) is 0 Å². The molecule has 0 amide bonds. The molecule has 3 rings (SSSR count). The first-order valence-corrected chi connectivity index (χ1v) is 7.13. The Hall–Kier alpha value is -1.94. The standard InChI is InChI=1S/C16H20N4/c1-11-4-2-3-5-12(11)6-7-15-19-14-8-9-18-10-13(14)16(17)20-15/h2-5,18H,6-10H2,1H3,(H2,17,19,20). The van der Waals surface area contributed by atoms with E-state index in [1.165, 1.54) is 11.1 Å². The minimum atomic E-state index is 0.641. The molecule has 0 atom stereocenters. The van der Waals surface area contributed by atoms with Crippen LogP contribution in [0.15, 0.2) is 24.3 Å². The van der Waals surface area contributed by atoms with Crippen LogP contribution >= 0.6 is 0 Å². The fourth-order valence-corrected chi connectivity index (χ4v) is 2.67. The summed E-state index contributed by atoms with van der Waals surface area (Å²) in [7, 11) is 0. The molecule has 104 valence electrons. The summed E-state index contributed by atoms with van der Waals surface area (Å²) in [6.45, 7) is 3.91. The molecule has 4 heteroatoms. The van der Waals surface area contributed by atoms with Crippen LogP contribution in [-0.2, 0) is 25.8 Å². The maximum absolute atomic E-state index is 6.05. The van der Waals surface area contributed by atoms with E-state index in [1.54, 1.807) is 0 Å². The Kier molecular flexibility index (Phi) is 3.65. The van der Waals surface area contributed by atoms with E-state index in [9.17, 15) is 0 Å². The lowest BCUT2D eigenvalue weighted by atomic mass is 10.0. The number of aryl methyl sites for hydroxylation is 3. The highest BCUT2D eigenvalue weighted by molar-refractivity contribution is 5.43. The first-order valence-electron chi connectivity index (χ1n) is 7.13. The van der Waals surface area contributed by atoms with E-state index in [1.807, 2.05) is 0 Å². The third-order valence-electron chi connectivity index (χ3n) is 3.89. The summed E-state index contributed by atoms with van der Waals surface area (Å²) in [5.41, 5.74) is 10.9. The summed E-state index contributed by atoms with van der Waals surface area (Å²) in [4.78, 5) is 9.15. The molecule has 1 aromatic heterocycles. The van der Waals surface area contributed by atoms with Crippen molar-refractivity contribution in [3.63, 3.8) is 0 Å². The quantitative estimate of drug-likeness (QED) is 0.891. The minimum absolute atomic E-state index is 0.641. The van der Waals surface area contributed by atoms with E-state index in [0.29, 0.717) is 5.82 Å². The van der Waals surface area contributed by atoms with Crippen molar-refractivity contribution >= 4 is 5.82 Å². The summed E-state index contributed by atoms with van der Waals surface area (Å²) in [5, 5.41) is 3.31. The monoisotopic (exact) mass is 268 g/mol. The average molecular weight is 268 g/mol. The predicted octanol–water partition coefficient (Wildman–Crippen LogP) is 1.80. The number of anilines is 1. The first-order chi connectivity index (χ1) is 9.74. The molecule has 1 aliphatic heterocycles. The van der Waals surface area contributed by atoms with Crippen LogP contribution < -0.4 is 11.1 Å². The van der Waals surface area contributed by atoms with Gasteiger partial charge in [0.25, 0.3) is 0 Å². The van der Waals surface area contributed by atoms with Gasteiger partial charge in [-0.3, -0.25) is 0 Å². The fourth-order valence-electron chi connectivity index (χ4n) is 2.67. The summed E-state index contributed by atoms with van der Waals surface area (Å²) >= 11 is 0. The Balaban J connectivity index is 1.78. The van der Waals surface area contributed by atoms with Crippen LogP contribution in [0.1, 0.15) is 28.2 Å². The van der Waals surface area contributed by atoms with Gasteiger partial charge in [-0.1, -0.05) is 24.3 Å². The molecule has 0 saturated heterocycles. The van der Waals surface area contributed by atoms with Gasteiger partial charge in [-0.15, -0.1) is 0 Å². The molecular weight excluding hydrogens is 248 g/mol. The second-order valence-electron chi connectivity index (χ2n) is 5.30. The molecule has 2 heterocycles. The number of rotatable bonds is 3. The number of nitrogens with one attached hydrogen (secondary N) is 1. The van der Waals surface area contributed by atoms with Gasteiger partial charge in [0.1, 0.15) is 11.6 Å². The molecule has 1 aromatic carbocycles. The number of fused-ring (bicyclic) bond motifs is 1. The topological polar surface area (TPSA) is 63.8 Å². The van der Waals surface area contributed by atoms with Crippen LogP contribution in [-0.4, -0.2) is 16.5 Å². The maximum atomic E-state index is 6.05. The number of hydrogen-bond acceptors (Lipinski definition) is 4. The molecular formula is C16H20N4. The van der Waals surface area contributed by atoms with E-state index in [0.717, 1.165) is 49.4 Å². The van der Waals surface area contributed by atoms with Gasteiger partial charge in [0.2, 0.25) is 0 Å². The van der Waals surface area contributed by atoms with Crippen molar-refractivity contribution < 1.29 is 0 Å². The second kappa shape index (κ2) is 5.59. The first kappa shape index (κ1) is 13.1. The van der Waals surface area contributed by atoms with Crippen molar-refractivity contribution in [3.05, 3.63) is 52.5 Å². The van der Waals surface area contributed by atoms with Gasteiger partial charge in [-0.05, 0) is 24.5 Å². The highest BCUT2D eigenvalue weighted by Gasteiger charge is 2.15. The van der Waals surface area contributed by atoms with Crippen LogP contribution in [0.5, 0.6) is 0 Å². The molecule has 0 saturated carbocycles. The van der Waals surface area contributed by atoms with E-state index >= 15 is 0 Å². The molecule has 20 heavy (non-hydrogen) atoms. The number of hydrogen-bond donors (Lipinski definition) is 2. The minimum Gasteiger partial charge on any atom is -0.383 e. The summed E-state index contributed by atoms with van der Waals surface area (Å²) in [5.74, 6) is 1.51. The Morgan fingerprint density at radius 1 is 1.20 bits per heavy atom. The zero-order valence-corrected chi connectivity index (χ0v) is 11.8. The summed E-state index contributed by atoms with van der Waals surface area (Å²) in [6, 6.07) is 8.46. The molecule has 0 fully saturated rings. The maximum Gasteiger partial charge on any atom is 0.131 e. The smallest absolute Gasteiger partial charge is 0.131 e. The van der Waals surface area contributed by atoms with Gasteiger partial charge >= 0.3 is 0 Å². The van der Waals surface area contributed by atoms with E-state index in [-0.39, 0.29) is 0 Å². The number of nitrogen functional groups attached to an aromatic ring is 1. The molecule has 0 aliphatic carbocycles. The predicted molar refractivity (Wildman–Crippen MR) is 80.4 cm³/mol. The number of nitrogens with two attached hydrogens (primary N) is 1. The molecule has 3 N–H and O–H groups in total.